The standard InChI is InChI=1S/C13H15ClN4/c14-11-2-1-3-12(8-11)18-9-13(16-17-18)10-4-6-15-7-5-10/h1-3,8-10,15H,4-7H2. The van der Waals surface area contributed by atoms with E-state index in [-0.39, 0.29) is 0 Å². The van der Waals surface area contributed by atoms with Gasteiger partial charge in [0.25, 0.3) is 0 Å². The summed E-state index contributed by atoms with van der Waals surface area (Å²) in [5.74, 6) is 0.527. The van der Waals surface area contributed by atoms with Crippen molar-refractivity contribution in [3.63, 3.8) is 0 Å². The van der Waals surface area contributed by atoms with E-state index >= 15 is 0 Å². The quantitative estimate of drug-likeness (QED) is 0.904. The van der Waals surface area contributed by atoms with Gasteiger partial charge < -0.3 is 5.32 Å². The number of hydrogen-bond acceptors (Lipinski definition) is 3. The molecule has 3 rings (SSSR count). The summed E-state index contributed by atoms with van der Waals surface area (Å²) in [5, 5.41) is 12.6. The molecular weight excluding hydrogens is 248 g/mol. The SMILES string of the molecule is Clc1cccc(-n2cc(C3CCNCC3)nn2)c1. The Balaban J connectivity index is 1.84. The van der Waals surface area contributed by atoms with Crippen LogP contribution in [0.5, 0.6) is 0 Å². The second-order valence-corrected chi connectivity index (χ2v) is 5.03. The average Bonchev–Trinajstić information content (AvgIpc) is 2.89. The topological polar surface area (TPSA) is 42.7 Å². The predicted octanol–water partition coefficient (Wildman–Crippen LogP) is 2.39. The molecule has 1 fully saturated rings. The van der Waals surface area contributed by atoms with Crippen molar-refractivity contribution in [3.05, 3.63) is 41.2 Å². The minimum atomic E-state index is 0.527. The van der Waals surface area contributed by atoms with Crippen LogP contribution in [0.4, 0.5) is 0 Å². The lowest BCUT2D eigenvalue weighted by molar-refractivity contribution is 0.453. The van der Waals surface area contributed by atoms with E-state index in [2.05, 4.69) is 15.6 Å². The number of rotatable bonds is 2. The smallest absolute Gasteiger partial charge is 0.0863 e. The molecular formula is C13H15ClN4. The zero-order valence-electron chi connectivity index (χ0n) is 10.0. The molecule has 1 N–H and O–H groups in total. The molecule has 1 saturated heterocycles. The third-order valence-corrected chi connectivity index (χ3v) is 3.58. The Bertz CT molecular complexity index is 531. The van der Waals surface area contributed by atoms with E-state index in [1.165, 1.54) is 0 Å². The largest absolute Gasteiger partial charge is 0.317 e. The molecule has 2 heterocycles. The van der Waals surface area contributed by atoms with Crippen molar-refractivity contribution in [2.24, 2.45) is 0 Å². The Hall–Kier alpha value is -1.39. The van der Waals surface area contributed by atoms with Crippen molar-refractivity contribution in [2.75, 3.05) is 13.1 Å². The molecule has 1 aliphatic rings. The van der Waals surface area contributed by atoms with E-state index in [4.69, 9.17) is 11.6 Å². The molecule has 2 aromatic rings. The zero-order chi connectivity index (χ0) is 12.4. The molecule has 0 atom stereocenters. The Kier molecular flexibility index (Phi) is 3.30. The van der Waals surface area contributed by atoms with Crippen LogP contribution in [0.25, 0.3) is 5.69 Å². The molecule has 18 heavy (non-hydrogen) atoms. The molecule has 1 aliphatic heterocycles. The van der Waals surface area contributed by atoms with Crippen LogP contribution in [0.15, 0.2) is 30.5 Å². The van der Waals surface area contributed by atoms with Crippen LogP contribution in [-0.4, -0.2) is 28.1 Å². The molecule has 0 spiro atoms. The van der Waals surface area contributed by atoms with Crippen LogP contribution in [0, 0.1) is 0 Å². The molecule has 0 unspecified atom stereocenters. The van der Waals surface area contributed by atoms with Crippen LogP contribution in [0.3, 0.4) is 0 Å². The maximum atomic E-state index is 5.98. The molecule has 0 radical (unpaired) electrons. The van der Waals surface area contributed by atoms with Crippen molar-refractivity contribution in [2.45, 2.75) is 18.8 Å². The highest BCUT2D eigenvalue weighted by Crippen LogP contribution is 2.23. The van der Waals surface area contributed by atoms with Gasteiger partial charge >= 0.3 is 0 Å². The minimum Gasteiger partial charge on any atom is -0.317 e. The predicted molar refractivity (Wildman–Crippen MR) is 71.2 cm³/mol. The average molecular weight is 263 g/mol. The maximum absolute atomic E-state index is 5.98. The van der Waals surface area contributed by atoms with Crippen molar-refractivity contribution in [3.8, 4) is 5.69 Å². The van der Waals surface area contributed by atoms with Gasteiger partial charge in [-0.2, -0.15) is 0 Å². The summed E-state index contributed by atoms with van der Waals surface area (Å²) in [4.78, 5) is 0. The summed E-state index contributed by atoms with van der Waals surface area (Å²) in [6, 6.07) is 7.65. The Morgan fingerprint density at radius 1 is 1.28 bits per heavy atom. The first-order chi connectivity index (χ1) is 8.83. The van der Waals surface area contributed by atoms with Crippen LogP contribution in [-0.2, 0) is 0 Å². The van der Waals surface area contributed by atoms with E-state index in [9.17, 15) is 0 Å². The summed E-state index contributed by atoms with van der Waals surface area (Å²) in [6.07, 6.45) is 4.28. The first-order valence-electron chi connectivity index (χ1n) is 6.22. The van der Waals surface area contributed by atoms with Gasteiger partial charge in [-0.3, -0.25) is 0 Å². The lowest BCUT2D eigenvalue weighted by Crippen LogP contribution is -2.26. The first-order valence-corrected chi connectivity index (χ1v) is 6.59. The van der Waals surface area contributed by atoms with Gasteiger partial charge in [0.2, 0.25) is 0 Å². The number of aromatic nitrogens is 3. The highest BCUT2D eigenvalue weighted by molar-refractivity contribution is 6.30. The molecule has 4 nitrogen and oxygen atoms in total. The highest BCUT2D eigenvalue weighted by atomic mass is 35.5. The molecule has 0 aliphatic carbocycles. The summed E-state index contributed by atoms with van der Waals surface area (Å²) < 4.78 is 1.79. The second-order valence-electron chi connectivity index (χ2n) is 4.59. The molecule has 94 valence electrons. The molecule has 1 aromatic heterocycles. The van der Waals surface area contributed by atoms with E-state index in [0.717, 1.165) is 37.3 Å². The fraction of sp³-hybridized carbons (Fsp3) is 0.385. The first kappa shape index (κ1) is 11.7. The Morgan fingerprint density at radius 2 is 2.11 bits per heavy atom. The fourth-order valence-electron chi connectivity index (χ4n) is 2.33. The zero-order valence-corrected chi connectivity index (χ0v) is 10.8. The number of piperidine rings is 1. The Labute approximate surface area is 111 Å². The number of hydrogen-bond donors (Lipinski definition) is 1. The number of benzene rings is 1. The van der Waals surface area contributed by atoms with Crippen LogP contribution < -0.4 is 5.32 Å². The molecule has 0 bridgehead atoms. The van der Waals surface area contributed by atoms with E-state index in [0.29, 0.717) is 10.9 Å². The minimum absolute atomic E-state index is 0.527. The van der Waals surface area contributed by atoms with Gasteiger partial charge in [-0.15, -0.1) is 5.10 Å². The van der Waals surface area contributed by atoms with Crippen LogP contribution >= 0.6 is 11.6 Å². The Morgan fingerprint density at radius 3 is 2.89 bits per heavy atom. The lowest BCUT2D eigenvalue weighted by Gasteiger charge is -2.19. The second kappa shape index (κ2) is 5.08. The van der Waals surface area contributed by atoms with Crippen molar-refractivity contribution in [1.82, 2.24) is 20.3 Å². The van der Waals surface area contributed by atoms with Gasteiger partial charge in [-0.25, -0.2) is 4.68 Å². The fourth-order valence-corrected chi connectivity index (χ4v) is 2.51. The summed E-state index contributed by atoms with van der Waals surface area (Å²) >= 11 is 5.98. The summed E-state index contributed by atoms with van der Waals surface area (Å²) in [7, 11) is 0. The van der Waals surface area contributed by atoms with E-state index in [1.54, 1.807) is 4.68 Å². The monoisotopic (exact) mass is 262 g/mol. The van der Waals surface area contributed by atoms with Gasteiger partial charge in [0, 0.05) is 10.9 Å². The van der Waals surface area contributed by atoms with E-state index in [1.807, 2.05) is 30.5 Å². The van der Waals surface area contributed by atoms with Gasteiger partial charge in [0.1, 0.15) is 0 Å². The molecule has 1 aromatic carbocycles. The number of nitrogens with zero attached hydrogens (tertiary/aromatic N) is 3. The normalized spacial score (nSPS) is 16.9. The van der Waals surface area contributed by atoms with Gasteiger partial charge in [-0.1, -0.05) is 22.9 Å². The molecule has 5 heteroatoms. The van der Waals surface area contributed by atoms with Crippen LogP contribution in [0.2, 0.25) is 5.02 Å². The third kappa shape index (κ3) is 2.40. The third-order valence-electron chi connectivity index (χ3n) is 3.34. The maximum Gasteiger partial charge on any atom is 0.0863 e. The summed E-state index contributed by atoms with van der Waals surface area (Å²) in [5.41, 5.74) is 2.03. The number of nitrogens with one attached hydrogen (secondary N) is 1. The molecule has 0 saturated carbocycles. The van der Waals surface area contributed by atoms with Crippen molar-refractivity contribution >= 4 is 11.6 Å². The number of halogens is 1. The van der Waals surface area contributed by atoms with Crippen molar-refractivity contribution in [1.29, 1.82) is 0 Å². The molecule has 0 amide bonds. The van der Waals surface area contributed by atoms with Gasteiger partial charge in [-0.05, 0) is 44.1 Å². The van der Waals surface area contributed by atoms with Crippen LogP contribution in [0.1, 0.15) is 24.5 Å². The lowest BCUT2D eigenvalue weighted by atomic mass is 9.95. The highest BCUT2D eigenvalue weighted by Gasteiger charge is 2.18. The van der Waals surface area contributed by atoms with Crippen molar-refractivity contribution < 1.29 is 0 Å². The summed E-state index contributed by atoms with van der Waals surface area (Å²) in [6.45, 7) is 2.13. The van der Waals surface area contributed by atoms with Gasteiger partial charge in [0.05, 0.1) is 17.6 Å². The van der Waals surface area contributed by atoms with E-state index < -0.39 is 0 Å². The van der Waals surface area contributed by atoms with Gasteiger partial charge in [0.15, 0.2) is 0 Å².